The molecule has 1 aliphatic rings. The first-order valence-corrected chi connectivity index (χ1v) is 7.63. The minimum atomic E-state index is 0.452. The number of nitrogens with one attached hydrogen (secondary N) is 1. The van der Waals surface area contributed by atoms with Crippen molar-refractivity contribution in [1.29, 1.82) is 5.26 Å². The first-order valence-electron chi connectivity index (χ1n) is 6.84. The maximum Gasteiger partial charge on any atom is 0.0992 e. The van der Waals surface area contributed by atoms with Crippen LogP contribution in [0.1, 0.15) is 37.7 Å². The average Bonchev–Trinajstić information content (AvgIpc) is 2.44. The van der Waals surface area contributed by atoms with Crippen LogP contribution in [0, 0.1) is 11.3 Å². The molecule has 3 nitrogen and oxygen atoms in total. The molecule has 4 heteroatoms. The maximum absolute atomic E-state index is 8.90. The molecule has 0 amide bonds. The average molecular weight is 323 g/mol. The highest BCUT2D eigenvalue weighted by Crippen LogP contribution is 2.21. The van der Waals surface area contributed by atoms with Crippen LogP contribution >= 0.6 is 15.9 Å². The monoisotopic (exact) mass is 322 g/mol. The molecule has 0 atom stereocenters. The zero-order valence-corrected chi connectivity index (χ0v) is 12.6. The third-order valence-electron chi connectivity index (χ3n) is 3.36. The first kappa shape index (κ1) is 14.4. The van der Waals surface area contributed by atoms with Crippen molar-refractivity contribution >= 4 is 21.6 Å². The number of ether oxygens (including phenoxy) is 1. The number of nitriles is 1. The summed E-state index contributed by atoms with van der Waals surface area (Å²) in [6.45, 7) is 1.50. The number of halogens is 1. The molecule has 1 saturated carbocycles. The van der Waals surface area contributed by atoms with Crippen LogP contribution in [0.3, 0.4) is 0 Å². The molecule has 102 valence electrons. The van der Waals surface area contributed by atoms with Gasteiger partial charge in [0.05, 0.1) is 24.3 Å². The molecule has 1 N–H and O–H groups in total. The van der Waals surface area contributed by atoms with E-state index in [2.05, 4.69) is 27.3 Å². The molecular weight excluding hydrogens is 304 g/mol. The smallest absolute Gasteiger partial charge is 0.0992 e. The summed E-state index contributed by atoms with van der Waals surface area (Å²) in [4.78, 5) is 0. The lowest BCUT2D eigenvalue weighted by Gasteiger charge is -2.22. The second-order valence-electron chi connectivity index (χ2n) is 4.90. The van der Waals surface area contributed by atoms with Gasteiger partial charge in [-0.05, 0) is 31.0 Å². The Morgan fingerprint density at radius 1 is 1.26 bits per heavy atom. The Morgan fingerprint density at radius 3 is 2.79 bits per heavy atom. The van der Waals surface area contributed by atoms with E-state index in [4.69, 9.17) is 10.00 Å². The van der Waals surface area contributed by atoms with E-state index in [1.807, 2.05) is 18.2 Å². The van der Waals surface area contributed by atoms with Crippen LogP contribution in [0.15, 0.2) is 22.7 Å². The van der Waals surface area contributed by atoms with Gasteiger partial charge in [0.25, 0.3) is 0 Å². The van der Waals surface area contributed by atoms with E-state index in [1.165, 1.54) is 32.1 Å². The van der Waals surface area contributed by atoms with Gasteiger partial charge in [0.15, 0.2) is 0 Å². The van der Waals surface area contributed by atoms with Gasteiger partial charge in [-0.3, -0.25) is 0 Å². The van der Waals surface area contributed by atoms with Gasteiger partial charge in [0, 0.05) is 16.7 Å². The van der Waals surface area contributed by atoms with Crippen molar-refractivity contribution in [3.8, 4) is 6.07 Å². The fourth-order valence-corrected chi connectivity index (χ4v) is 2.90. The molecule has 0 bridgehead atoms. The predicted molar refractivity (Wildman–Crippen MR) is 80.2 cm³/mol. The largest absolute Gasteiger partial charge is 0.383 e. The summed E-state index contributed by atoms with van der Waals surface area (Å²) < 4.78 is 6.77. The Kier molecular flexibility index (Phi) is 5.68. The van der Waals surface area contributed by atoms with Gasteiger partial charge in [0.1, 0.15) is 0 Å². The summed E-state index contributed by atoms with van der Waals surface area (Å²) in [5.74, 6) is 0. The molecule has 0 aliphatic heterocycles. The quantitative estimate of drug-likeness (QED) is 0.831. The van der Waals surface area contributed by atoms with Crippen LogP contribution in [-0.2, 0) is 4.74 Å². The molecule has 0 unspecified atom stereocenters. The van der Waals surface area contributed by atoms with Crippen LogP contribution < -0.4 is 5.32 Å². The van der Waals surface area contributed by atoms with Crippen molar-refractivity contribution in [2.75, 3.05) is 18.5 Å². The fraction of sp³-hybridized carbons (Fsp3) is 0.533. The lowest BCUT2D eigenvalue weighted by molar-refractivity contribution is 0.0347. The SMILES string of the molecule is N#Cc1cc(Br)cc(NCCOC2CCCCC2)c1. The number of hydrogen-bond donors (Lipinski definition) is 1. The molecule has 0 heterocycles. The van der Waals surface area contributed by atoms with Gasteiger partial charge < -0.3 is 10.1 Å². The fourth-order valence-electron chi connectivity index (χ4n) is 2.41. The van der Waals surface area contributed by atoms with E-state index in [0.717, 1.165) is 23.3 Å². The molecule has 1 fully saturated rings. The molecule has 2 rings (SSSR count). The second-order valence-corrected chi connectivity index (χ2v) is 5.81. The summed E-state index contributed by atoms with van der Waals surface area (Å²) in [6.07, 6.45) is 6.82. The van der Waals surface area contributed by atoms with E-state index in [-0.39, 0.29) is 0 Å². The lowest BCUT2D eigenvalue weighted by Crippen LogP contribution is -2.20. The topological polar surface area (TPSA) is 45.0 Å². The number of rotatable bonds is 5. The van der Waals surface area contributed by atoms with Crippen molar-refractivity contribution in [2.45, 2.75) is 38.2 Å². The van der Waals surface area contributed by atoms with Crippen LogP contribution in [0.25, 0.3) is 0 Å². The Morgan fingerprint density at radius 2 is 2.05 bits per heavy atom. The molecule has 0 radical (unpaired) electrons. The minimum absolute atomic E-state index is 0.452. The second kappa shape index (κ2) is 7.52. The third-order valence-corrected chi connectivity index (χ3v) is 3.82. The van der Waals surface area contributed by atoms with Gasteiger partial charge in [-0.1, -0.05) is 35.2 Å². The number of nitrogens with zero attached hydrogens (tertiary/aromatic N) is 1. The standard InChI is InChI=1S/C15H19BrN2O/c16-13-8-12(11-17)9-14(10-13)18-6-7-19-15-4-2-1-3-5-15/h8-10,15,18H,1-7H2. The Bertz CT molecular complexity index is 450. The molecule has 0 aromatic heterocycles. The van der Waals surface area contributed by atoms with Gasteiger partial charge in [-0.2, -0.15) is 5.26 Å². The van der Waals surface area contributed by atoms with Crippen molar-refractivity contribution in [2.24, 2.45) is 0 Å². The highest BCUT2D eigenvalue weighted by Gasteiger charge is 2.12. The van der Waals surface area contributed by atoms with E-state index in [1.54, 1.807) is 0 Å². The van der Waals surface area contributed by atoms with E-state index in [9.17, 15) is 0 Å². The Balaban J connectivity index is 1.73. The predicted octanol–water partition coefficient (Wildman–Crippen LogP) is 4.08. The first-order chi connectivity index (χ1) is 9.28. The summed E-state index contributed by atoms with van der Waals surface area (Å²) in [7, 11) is 0. The maximum atomic E-state index is 8.90. The molecule has 1 aliphatic carbocycles. The molecule has 1 aromatic rings. The number of anilines is 1. The highest BCUT2D eigenvalue weighted by atomic mass is 79.9. The third kappa shape index (κ3) is 4.85. The summed E-state index contributed by atoms with van der Waals surface area (Å²) in [6, 6.07) is 7.78. The van der Waals surface area contributed by atoms with Gasteiger partial charge >= 0.3 is 0 Å². The van der Waals surface area contributed by atoms with E-state index in [0.29, 0.717) is 11.7 Å². The summed E-state index contributed by atoms with van der Waals surface area (Å²) in [5.41, 5.74) is 1.61. The highest BCUT2D eigenvalue weighted by molar-refractivity contribution is 9.10. The molecule has 0 spiro atoms. The molecule has 19 heavy (non-hydrogen) atoms. The molecule has 0 saturated heterocycles. The van der Waals surface area contributed by atoms with E-state index < -0.39 is 0 Å². The minimum Gasteiger partial charge on any atom is -0.383 e. The van der Waals surface area contributed by atoms with E-state index >= 15 is 0 Å². The molecular formula is C15H19BrN2O. The zero-order valence-electron chi connectivity index (χ0n) is 11.0. The number of benzene rings is 1. The van der Waals surface area contributed by atoms with Gasteiger partial charge in [0.2, 0.25) is 0 Å². The molecule has 1 aromatic carbocycles. The van der Waals surface area contributed by atoms with Crippen LogP contribution in [0.5, 0.6) is 0 Å². The van der Waals surface area contributed by atoms with Crippen LogP contribution in [-0.4, -0.2) is 19.3 Å². The van der Waals surface area contributed by atoms with Gasteiger partial charge in [-0.25, -0.2) is 0 Å². The summed E-state index contributed by atoms with van der Waals surface area (Å²) in [5, 5.41) is 12.2. The number of hydrogen-bond acceptors (Lipinski definition) is 3. The Labute approximate surface area is 123 Å². The van der Waals surface area contributed by atoms with Gasteiger partial charge in [-0.15, -0.1) is 0 Å². The van der Waals surface area contributed by atoms with Crippen molar-refractivity contribution in [1.82, 2.24) is 0 Å². The lowest BCUT2D eigenvalue weighted by atomic mass is 9.98. The normalized spacial score (nSPS) is 16.0. The zero-order chi connectivity index (χ0) is 13.5. The van der Waals surface area contributed by atoms with Crippen LogP contribution in [0.4, 0.5) is 5.69 Å². The Hall–Kier alpha value is -1.05. The summed E-state index contributed by atoms with van der Waals surface area (Å²) >= 11 is 3.40. The van der Waals surface area contributed by atoms with Crippen molar-refractivity contribution < 1.29 is 4.74 Å². The van der Waals surface area contributed by atoms with Crippen LogP contribution in [0.2, 0.25) is 0 Å². The van der Waals surface area contributed by atoms with Crippen molar-refractivity contribution in [3.63, 3.8) is 0 Å². The van der Waals surface area contributed by atoms with Crippen molar-refractivity contribution in [3.05, 3.63) is 28.2 Å².